The van der Waals surface area contributed by atoms with Crippen molar-refractivity contribution in [2.24, 2.45) is 0 Å². The molecule has 4 heteroatoms. The summed E-state index contributed by atoms with van der Waals surface area (Å²) >= 11 is 0. The highest BCUT2D eigenvalue weighted by Gasteiger charge is 2.51. The maximum Gasteiger partial charge on any atom is 0.230 e. The number of hydrogen-bond acceptors (Lipinski definition) is 2. The molecule has 0 spiro atoms. The minimum atomic E-state index is -0.233. The Hall–Kier alpha value is -1.06. The molecule has 3 rings (SSSR count). The van der Waals surface area contributed by atoms with E-state index in [0.29, 0.717) is 6.04 Å². The third-order valence-electron chi connectivity index (χ3n) is 4.39. The van der Waals surface area contributed by atoms with Gasteiger partial charge in [-0.25, -0.2) is 0 Å². The number of nitrogens with one attached hydrogen (secondary N) is 2. The summed E-state index contributed by atoms with van der Waals surface area (Å²) in [6.07, 6.45) is 4.23. The fraction of sp³-hybridized carbons (Fsp3) is 0.562. The molecule has 2 N–H and O–H groups in total. The van der Waals surface area contributed by atoms with E-state index in [4.69, 9.17) is 0 Å². The van der Waals surface area contributed by atoms with Crippen molar-refractivity contribution < 1.29 is 4.79 Å². The van der Waals surface area contributed by atoms with Crippen LogP contribution in [0.3, 0.4) is 0 Å². The SMILES string of the molecule is Cc1cccc(C2(C(=O)N[C@H]3CCCNC3)CC2)c1.Cl. The van der Waals surface area contributed by atoms with Crippen LogP contribution in [-0.4, -0.2) is 25.0 Å². The Kier molecular flexibility index (Phi) is 4.71. The van der Waals surface area contributed by atoms with Crippen molar-refractivity contribution in [3.63, 3.8) is 0 Å². The van der Waals surface area contributed by atoms with Gasteiger partial charge in [-0.05, 0) is 44.7 Å². The zero-order valence-corrected chi connectivity index (χ0v) is 12.8. The molecule has 1 saturated carbocycles. The number of rotatable bonds is 3. The summed E-state index contributed by atoms with van der Waals surface area (Å²) in [4.78, 5) is 12.6. The van der Waals surface area contributed by atoms with Gasteiger partial charge in [-0.3, -0.25) is 4.79 Å². The van der Waals surface area contributed by atoms with Gasteiger partial charge in [0.2, 0.25) is 5.91 Å². The third kappa shape index (κ3) is 2.99. The molecule has 1 aromatic carbocycles. The molecule has 0 unspecified atom stereocenters. The van der Waals surface area contributed by atoms with Gasteiger partial charge in [0, 0.05) is 12.6 Å². The average Bonchev–Trinajstić information content (AvgIpc) is 3.21. The molecule has 0 bridgehead atoms. The van der Waals surface area contributed by atoms with Crippen molar-refractivity contribution in [2.75, 3.05) is 13.1 Å². The van der Waals surface area contributed by atoms with Crippen LogP contribution in [0.15, 0.2) is 24.3 Å². The Morgan fingerprint density at radius 1 is 1.40 bits per heavy atom. The topological polar surface area (TPSA) is 41.1 Å². The highest BCUT2D eigenvalue weighted by Crippen LogP contribution is 2.48. The molecule has 1 aromatic rings. The van der Waals surface area contributed by atoms with Crippen molar-refractivity contribution in [1.29, 1.82) is 0 Å². The predicted molar refractivity (Wildman–Crippen MR) is 83.4 cm³/mol. The second-order valence-electron chi connectivity index (χ2n) is 5.97. The van der Waals surface area contributed by atoms with Crippen LogP contribution in [0.1, 0.15) is 36.8 Å². The van der Waals surface area contributed by atoms with E-state index in [9.17, 15) is 4.79 Å². The van der Waals surface area contributed by atoms with Crippen LogP contribution in [0.5, 0.6) is 0 Å². The molecule has 1 aliphatic carbocycles. The molecule has 0 radical (unpaired) electrons. The first-order valence-electron chi connectivity index (χ1n) is 7.29. The second kappa shape index (κ2) is 6.15. The molecule has 0 aromatic heterocycles. The Bertz CT molecular complexity index is 479. The Morgan fingerprint density at radius 3 is 2.80 bits per heavy atom. The molecular weight excluding hydrogens is 272 g/mol. The lowest BCUT2D eigenvalue weighted by atomic mass is 9.93. The molecule has 2 fully saturated rings. The van der Waals surface area contributed by atoms with E-state index in [2.05, 4.69) is 41.8 Å². The summed E-state index contributed by atoms with van der Waals surface area (Å²) in [5.41, 5.74) is 2.19. The standard InChI is InChI=1S/C16H22N2O.ClH/c1-12-4-2-5-13(10-12)16(7-8-16)15(19)18-14-6-3-9-17-11-14;/h2,4-5,10,14,17H,3,6-9,11H2,1H3,(H,18,19);1H/t14-;/m0./s1. The van der Waals surface area contributed by atoms with Crippen molar-refractivity contribution in [1.82, 2.24) is 10.6 Å². The number of aryl methyl sites for hydroxylation is 1. The van der Waals surface area contributed by atoms with Crippen LogP contribution in [0.25, 0.3) is 0 Å². The fourth-order valence-corrected chi connectivity index (χ4v) is 3.01. The first kappa shape index (κ1) is 15.3. The summed E-state index contributed by atoms with van der Waals surface area (Å²) in [5.74, 6) is 0.229. The minimum Gasteiger partial charge on any atom is -0.351 e. The summed E-state index contributed by atoms with van der Waals surface area (Å²) in [6, 6.07) is 8.70. The molecule has 110 valence electrons. The first-order chi connectivity index (χ1) is 9.21. The van der Waals surface area contributed by atoms with Gasteiger partial charge in [0.25, 0.3) is 0 Å². The quantitative estimate of drug-likeness (QED) is 0.898. The van der Waals surface area contributed by atoms with Crippen LogP contribution in [0.2, 0.25) is 0 Å². The zero-order valence-electron chi connectivity index (χ0n) is 11.9. The second-order valence-corrected chi connectivity index (χ2v) is 5.97. The molecule has 3 nitrogen and oxygen atoms in total. The summed E-state index contributed by atoms with van der Waals surface area (Å²) in [6.45, 7) is 4.08. The lowest BCUT2D eigenvalue weighted by molar-refractivity contribution is -0.124. The molecule has 1 aliphatic heterocycles. The summed E-state index contributed by atoms with van der Waals surface area (Å²) in [7, 11) is 0. The number of amides is 1. The van der Waals surface area contributed by atoms with Gasteiger partial charge in [-0.1, -0.05) is 29.8 Å². The smallest absolute Gasteiger partial charge is 0.230 e. The van der Waals surface area contributed by atoms with Gasteiger partial charge >= 0.3 is 0 Å². The van der Waals surface area contributed by atoms with Gasteiger partial charge in [0.05, 0.1) is 5.41 Å². The van der Waals surface area contributed by atoms with Crippen LogP contribution in [-0.2, 0) is 10.2 Å². The van der Waals surface area contributed by atoms with Crippen molar-refractivity contribution in [3.8, 4) is 0 Å². The van der Waals surface area contributed by atoms with E-state index < -0.39 is 0 Å². The highest BCUT2D eigenvalue weighted by molar-refractivity contribution is 5.91. The van der Waals surface area contributed by atoms with Gasteiger partial charge < -0.3 is 10.6 Å². The van der Waals surface area contributed by atoms with E-state index in [1.165, 1.54) is 11.1 Å². The lowest BCUT2D eigenvalue weighted by Crippen LogP contribution is -2.48. The van der Waals surface area contributed by atoms with Gasteiger partial charge in [0.1, 0.15) is 0 Å². The normalized spacial score (nSPS) is 23.6. The zero-order chi connectivity index (χ0) is 13.3. The third-order valence-corrected chi connectivity index (χ3v) is 4.39. The van der Waals surface area contributed by atoms with E-state index in [1.807, 2.05) is 0 Å². The molecule has 1 saturated heterocycles. The Morgan fingerprint density at radius 2 is 2.20 bits per heavy atom. The maximum absolute atomic E-state index is 12.6. The number of benzene rings is 1. The van der Waals surface area contributed by atoms with Crippen LogP contribution >= 0.6 is 12.4 Å². The monoisotopic (exact) mass is 294 g/mol. The van der Waals surface area contributed by atoms with Crippen LogP contribution in [0, 0.1) is 6.92 Å². The molecule has 20 heavy (non-hydrogen) atoms. The largest absolute Gasteiger partial charge is 0.351 e. The predicted octanol–water partition coefficient (Wildman–Crippen LogP) is 2.32. The molecular formula is C16H23ClN2O. The van der Waals surface area contributed by atoms with Gasteiger partial charge in [0.15, 0.2) is 0 Å². The van der Waals surface area contributed by atoms with E-state index in [0.717, 1.165) is 38.8 Å². The number of carbonyl (C=O) groups is 1. The van der Waals surface area contributed by atoms with Gasteiger partial charge in [-0.2, -0.15) is 0 Å². The Balaban J connectivity index is 0.00000147. The van der Waals surface area contributed by atoms with Crippen molar-refractivity contribution in [3.05, 3.63) is 35.4 Å². The number of halogens is 1. The minimum absolute atomic E-state index is 0. The van der Waals surface area contributed by atoms with E-state index in [1.54, 1.807) is 0 Å². The summed E-state index contributed by atoms with van der Waals surface area (Å²) < 4.78 is 0. The lowest BCUT2D eigenvalue weighted by Gasteiger charge is -2.26. The van der Waals surface area contributed by atoms with E-state index >= 15 is 0 Å². The van der Waals surface area contributed by atoms with Crippen molar-refractivity contribution in [2.45, 2.75) is 44.1 Å². The molecule has 1 amide bonds. The number of carbonyl (C=O) groups excluding carboxylic acids is 1. The Labute approximate surface area is 126 Å². The first-order valence-corrected chi connectivity index (χ1v) is 7.29. The highest BCUT2D eigenvalue weighted by atomic mass is 35.5. The van der Waals surface area contributed by atoms with Gasteiger partial charge in [-0.15, -0.1) is 12.4 Å². The molecule has 2 aliphatic rings. The molecule has 1 heterocycles. The summed E-state index contributed by atoms with van der Waals surface area (Å²) in [5, 5.41) is 6.58. The van der Waals surface area contributed by atoms with Crippen LogP contribution in [0.4, 0.5) is 0 Å². The number of piperidine rings is 1. The van der Waals surface area contributed by atoms with Crippen LogP contribution < -0.4 is 10.6 Å². The van der Waals surface area contributed by atoms with E-state index in [-0.39, 0.29) is 23.7 Å². The molecule has 1 atom stereocenters. The van der Waals surface area contributed by atoms with Crippen molar-refractivity contribution >= 4 is 18.3 Å². The number of hydrogen-bond donors (Lipinski definition) is 2. The average molecular weight is 295 g/mol. The fourth-order valence-electron chi connectivity index (χ4n) is 3.01. The maximum atomic E-state index is 12.6.